The highest BCUT2D eigenvalue weighted by atomic mass is 31.2. The van der Waals surface area contributed by atoms with Crippen molar-refractivity contribution >= 4 is 13.4 Å². The molecule has 94 valence electrons. The third kappa shape index (κ3) is 2.93. The zero-order chi connectivity index (χ0) is 12.2. The highest BCUT2D eigenvalue weighted by Crippen LogP contribution is 2.57. The Balaban J connectivity index is 2.90. The lowest BCUT2D eigenvalue weighted by molar-refractivity contribution is -0.121. The normalized spacial score (nSPS) is 27.1. The van der Waals surface area contributed by atoms with E-state index in [9.17, 15) is 9.36 Å². The Hall–Kier alpha value is -0.180. The van der Waals surface area contributed by atoms with Gasteiger partial charge < -0.3 is 9.05 Å². The van der Waals surface area contributed by atoms with Crippen molar-refractivity contribution in [3.8, 4) is 0 Å². The van der Waals surface area contributed by atoms with Crippen molar-refractivity contribution in [3.63, 3.8) is 0 Å². The van der Waals surface area contributed by atoms with E-state index in [4.69, 9.17) is 9.05 Å². The largest absolute Gasteiger partial charge is 0.341 e. The molecule has 0 aliphatic heterocycles. The average molecular weight is 248 g/mol. The molecular formula is C11H21O4P. The van der Waals surface area contributed by atoms with E-state index in [1.165, 1.54) is 0 Å². The minimum absolute atomic E-state index is 0.0315. The van der Waals surface area contributed by atoms with E-state index in [1.54, 1.807) is 13.8 Å². The van der Waals surface area contributed by atoms with Crippen molar-refractivity contribution in [2.24, 2.45) is 5.92 Å². The summed E-state index contributed by atoms with van der Waals surface area (Å²) in [7, 11) is -3.26. The second-order valence-electron chi connectivity index (χ2n) is 4.16. The van der Waals surface area contributed by atoms with Crippen LogP contribution < -0.4 is 0 Å². The van der Waals surface area contributed by atoms with Crippen LogP contribution in [0.5, 0.6) is 0 Å². The van der Waals surface area contributed by atoms with Crippen LogP contribution in [0.25, 0.3) is 0 Å². The van der Waals surface area contributed by atoms with E-state index in [2.05, 4.69) is 0 Å². The summed E-state index contributed by atoms with van der Waals surface area (Å²) in [5, 5.41) is 0. The first kappa shape index (κ1) is 13.9. The Morgan fingerprint density at radius 3 is 2.31 bits per heavy atom. The number of ketones is 1. The van der Waals surface area contributed by atoms with E-state index in [1.807, 2.05) is 6.92 Å². The molecule has 0 aromatic carbocycles. The van der Waals surface area contributed by atoms with Crippen LogP contribution in [0.1, 0.15) is 40.0 Å². The maximum Gasteiger partial charge on any atom is 0.341 e. The molecule has 16 heavy (non-hydrogen) atoms. The third-order valence-corrected chi connectivity index (χ3v) is 5.62. The van der Waals surface area contributed by atoms with Crippen LogP contribution in [0.3, 0.4) is 0 Å². The lowest BCUT2D eigenvalue weighted by atomic mass is 9.89. The van der Waals surface area contributed by atoms with Crippen LogP contribution in [0.2, 0.25) is 0 Å². The van der Waals surface area contributed by atoms with Gasteiger partial charge in [-0.1, -0.05) is 6.92 Å². The van der Waals surface area contributed by atoms with Gasteiger partial charge in [0.1, 0.15) is 11.4 Å². The predicted molar refractivity (Wildman–Crippen MR) is 62.7 cm³/mol. The molecule has 0 radical (unpaired) electrons. The number of hydrogen-bond acceptors (Lipinski definition) is 4. The molecule has 4 nitrogen and oxygen atoms in total. The SMILES string of the molecule is CCOP(=O)(OCC)C1C(=O)CCCC1C. The number of Topliss-reactive ketones (excluding diaryl/α,β-unsaturated/α-hetero) is 1. The van der Waals surface area contributed by atoms with Gasteiger partial charge in [-0.15, -0.1) is 0 Å². The highest BCUT2D eigenvalue weighted by molar-refractivity contribution is 7.55. The zero-order valence-electron chi connectivity index (χ0n) is 10.3. The highest BCUT2D eigenvalue weighted by Gasteiger charge is 2.45. The maximum atomic E-state index is 12.5. The summed E-state index contributed by atoms with van der Waals surface area (Å²) in [6.07, 6.45) is 2.30. The fourth-order valence-corrected chi connectivity index (χ4v) is 4.64. The quantitative estimate of drug-likeness (QED) is 0.702. The van der Waals surface area contributed by atoms with Crippen molar-refractivity contribution in [1.29, 1.82) is 0 Å². The molecule has 0 amide bonds. The van der Waals surface area contributed by atoms with Crippen LogP contribution in [-0.4, -0.2) is 24.7 Å². The molecule has 0 spiro atoms. The second-order valence-corrected chi connectivity index (χ2v) is 6.31. The Morgan fingerprint density at radius 1 is 1.31 bits per heavy atom. The Labute approximate surface area is 97.2 Å². The van der Waals surface area contributed by atoms with Crippen molar-refractivity contribution in [1.82, 2.24) is 0 Å². The van der Waals surface area contributed by atoms with Gasteiger partial charge in [-0.2, -0.15) is 0 Å². The first-order valence-corrected chi connectivity index (χ1v) is 7.57. The van der Waals surface area contributed by atoms with Crippen LogP contribution in [0, 0.1) is 5.92 Å². The zero-order valence-corrected chi connectivity index (χ0v) is 11.2. The summed E-state index contributed by atoms with van der Waals surface area (Å²) in [6, 6.07) is 0. The second kappa shape index (κ2) is 5.95. The first-order chi connectivity index (χ1) is 7.55. The molecule has 1 saturated carbocycles. The molecule has 5 heteroatoms. The third-order valence-electron chi connectivity index (χ3n) is 2.91. The fourth-order valence-electron chi connectivity index (χ4n) is 2.27. The topological polar surface area (TPSA) is 52.6 Å². The van der Waals surface area contributed by atoms with Gasteiger partial charge in [0.15, 0.2) is 0 Å². The van der Waals surface area contributed by atoms with E-state index in [0.717, 1.165) is 12.8 Å². The standard InChI is InChI=1S/C11H21O4P/c1-4-14-16(13,15-5-2)11-9(3)7-6-8-10(11)12/h9,11H,4-8H2,1-3H3. The van der Waals surface area contributed by atoms with Crippen LogP contribution in [-0.2, 0) is 18.4 Å². The summed E-state index contributed by atoms with van der Waals surface area (Å²) < 4.78 is 23.0. The van der Waals surface area contributed by atoms with Crippen molar-refractivity contribution < 1.29 is 18.4 Å². The van der Waals surface area contributed by atoms with Gasteiger partial charge in [0.2, 0.25) is 0 Å². The van der Waals surface area contributed by atoms with Gasteiger partial charge in [0.05, 0.1) is 13.2 Å². The molecule has 2 atom stereocenters. The molecule has 0 aromatic rings. The minimum atomic E-state index is -3.26. The lowest BCUT2D eigenvalue weighted by Gasteiger charge is -2.32. The van der Waals surface area contributed by atoms with Gasteiger partial charge >= 0.3 is 7.60 Å². The molecule has 1 aliphatic rings. The summed E-state index contributed by atoms with van der Waals surface area (Å²) in [5.74, 6) is 0.120. The molecule has 1 aliphatic carbocycles. The summed E-state index contributed by atoms with van der Waals surface area (Å²) in [4.78, 5) is 11.9. The molecule has 0 saturated heterocycles. The average Bonchev–Trinajstić information content (AvgIpc) is 2.17. The molecule has 0 N–H and O–H groups in total. The Bertz CT molecular complexity index is 280. The van der Waals surface area contributed by atoms with Gasteiger partial charge in [-0.05, 0) is 32.6 Å². The predicted octanol–water partition coefficient (Wildman–Crippen LogP) is 3.01. The Kier molecular flexibility index (Phi) is 5.16. The summed E-state index contributed by atoms with van der Waals surface area (Å²) in [6.45, 7) is 6.11. The van der Waals surface area contributed by atoms with Crippen molar-refractivity contribution in [3.05, 3.63) is 0 Å². The molecule has 1 fully saturated rings. The number of hydrogen-bond donors (Lipinski definition) is 0. The molecule has 0 aromatic heterocycles. The first-order valence-electron chi connectivity index (χ1n) is 5.96. The number of rotatable bonds is 5. The van der Waals surface area contributed by atoms with Crippen LogP contribution in [0.15, 0.2) is 0 Å². The Morgan fingerprint density at radius 2 is 1.88 bits per heavy atom. The number of carbonyl (C=O) groups is 1. The van der Waals surface area contributed by atoms with Crippen LogP contribution >= 0.6 is 7.60 Å². The van der Waals surface area contributed by atoms with Crippen LogP contribution in [0.4, 0.5) is 0 Å². The maximum absolute atomic E-state index is 12.5. The smallest absolute Gasteiger partial charge is 0.308 e. The van der Waals surface area contributed by atoms with Crippen molar-refractivity contribution in [2.75, 3.05) is 13.2 Å². The van der Waals surface area contributed by atoms with Gasteiger partial charge in [0, 0.05) is 6.42 Å². The van der Waals surface area contributed by atoms with Gasteiger partial charge in [0.25, 0.3) is 0 Å². The molecule has 0 heterocycles. The molecule has 1 rings (SSSR count). The lowest BCUT2D eigenvalue weighted by Crippen LogP contribution is -2.33. The summed E-state index contributed by atoms with van der Waals surface area (Å²) in [5.41, 5.74) is -0.554. The van der Waals surface area contributed by atoms with E-state index in [-0.39, 0.29) is 11.7 Å². The monoisotopic (exact) mass is 248 g/mol. The fraction of sp³-hybridized carbons (Fsp3) is 0.909. The molecule has 0 bridgehead atoms. The van der Waals surface area contributed by atoms with Gasteiger partial charge in [-0.25, -0.2) is 0 Å². The summed E-state index contributed by atoms with van der Waals surface area (Å²) >= 11 is 0. The van der Waals surface area contributed by atoms with E-state index in [0.29, 0.717) is 19.6 Å². The van der Waals surface area contributed by atoms with Crippen molar-refractivity contribution in [2.45, 2.75) is 45.7 Å². The molecule has 2 unspecified atom stereocenters. The van der Waals surface area contributed by atoms with Gasteiger partial charge in [-0.3, -0.25) is 9.36 Å². The van der Waals surface area contributed by atoms with E-state index >= 15 is 0 Å². The minimum Gasteiger partial charge on any atom is -0.308 e. The molecular weight excluding hydrogens is 227 g/mol. The number of carbonyl (C=O) groups excluding carboxylic acids is 1. The van der Waals surface area contributed by atoms with E-state index < -0.39 is 13.3 Å².